The van der Waals surface area contributed by atoms with E-state index >= 15 is 0 Å². The molecule has 2 aromatic carbocycles. The van der Waals surface area contributed by atoms with Crippen LogP contribution in [0.3, 0.4) is 0 Å². The van der Waals surface area contributed by atoms with Crippen LogP contribution in [-0.4, -0.2) is 109 Å². The Morgan fingerprint density at radius 3 is 1.34 bits per heavy atom. The largest absolute Gasteiger partial charge is 0.476 e. The number of amides is 4. The number of aromatic nitrogens is 3. The average Bonchev–Trinajstić information content (AvgIpc) is 4.04. The van der Waals surface area contributed by atoms with Crippen molar-refractivity contribution in [3.63, 3.8) is 0 Å². The number of benzene rings is 2. The van der Waals surface area contributed by atoms with Crippen LogP contribution in [0.25, 0.3) is 0 Å². The number of nitrogen functional groups attached to an aromatic ring is 1. The zero-order chi connectivity index (χ0) is 48.6. The summed E-state index contributed by atoms with van der Waals surface area (Å²) in [4.78, 5) is 74.9. The van der Waals surface area contributed by atoms with Gasteiger partial charge in [0.1, 0.15) is 22.6 Å². The third kappa shape index (κ3) is 19.0. The van der Waals surface area contributed by atoms with Gasteiger partial charge in [0.25, 0.3) is 11.8 Å². The molecule has 0 aliphatic carbocycles. The molecule has 0 saturated carbocycles. The number of hydrogen-bond donors (Lipinski definition) is 6. The molecule has 0 atom stereocenters. The average molecular weight is 977 g/mol. The topological polar surface area (TPSA) is 243 Å². The van der Waals surface area contributed by atoms with Crippen LogP contribution in [-0.2, 0) is 22.6 Å². The summed E-state index contributed by atoms with van der Waals surface area (Å²) >= 11 is 3.53. The molecule has 0 bridgehead atoms. The van der Waals surface area contributed by atoms with Gasteiger partial charge in [0, 0.05) is 67.5 Å². The highest BCUT2D eigenvalue weighted by molar-refractivity contribution is 7.14. The molecule has 2 fully saturated rings. The maximum Gasteiger partial charge on any atom is 0.413 e. The summed E-state index contributed by atoms with van der Waals surface area (Å²) in [6.45, 7) is 16.4. The maximum atomic E-state index is 12.5. The second-order valence-electron chi connectivity index (χ2n) is 17.7. The lowest BCUT2D eigenvalue weighted by Gasteiger charge is -2.32. The van der Waals surface area contributed by atoms with Gasteiger partial charge in [-0.3, -0.25) is 30.0 Å². The molecule has 21 heteroatoms. The van der Waals surface area contributed by atoms with Crippen molar-refractivity contribution in [1.82, 2.24) is 35.4 Å². The number of likely N-dealkylation sites (tertiary alicyclic amines) is 2. The molecule has 0 radical (unpaired) electrons. The maximum absolute atomic E-state index is 12.5. The van der Waals surface area contributed by atoms with E-state index in [9.17, 15) is 24.0 Å². The SMILES string of the molecule is CC(C)(C)OC(=O)Nc1nc(C(=O)NC2CCN(Cc3ccccc3)CC2)cs1.CC(C)(C)OC(=O)Nc1nc(C(=O)O)cs1.Nc1nc(C(=O)NC2CCN(Cc3ccccc3)CC2)cs1. The summed E-state index contributed by atoms with van der Waals surface area (Å²) in [6.07, 6.45) is 2.52. The lowest BCUT2D eigenvalue weighted by Crippen LogP contribution is -2.44. The van der Waals surface area contributed by atoms with E-state index in [2.05, 4.69) is 94.5 Å². The van der Waals surface area contributed by atoms with E-state index < -0.39 is 29.4 Å². The van der Waals surface area contributed by atoms with Crippen molar-refractivity contribution >= 4 is 79.4 Å². The van der Waals surface area contributed by atoms with E-state index in [0.29, 0.717) is 21.7 Å². The summed E-state index contributed by atoms with van der Waals surface area (Å²) in [5.41, 5.74) is 7.66. The molecule has 0 unspecified atom stereocenters. The fourth-order valence-corrected chi connectivity index (χ4v) is 8.60. The fraction of sp³-hybridized carbons (Fsp3) is 0.435. The van der Waals surface area contributed by atoms with Crippen molar-refractivity contribution in [2.24, 2.45) is 0 Å². The van der Waals surface area contributed by atoms with E-state index in [-0.39, 0.29) is 34.7 Å². The summed E-state index contributed by atoms with van der Waals surface area (Å²) in [5.74, 6) is -1.46. The normalized spacial score (nSPS) is 14.8. The van der Waals surface area contributed by atoms with Crippen molar-refractivity contribution in [3.8, 4) is 0 Å². The van der Waals surface area contributed by atoms with Gasteiger partial charge in [-0.1, -0.05) is 60.7 Å². The minimum Gasteiger partial charge on any atom is -0.476 e. The second-order valence-corrected chi connectivity index (χ2v) is 20.3. The Kier molecular flexibility index (Phi) is 19.1. The molecule has 7 N–H and O–H groups in total. The zero-order valence-electron chi connectivity index (χ0n) is 38.6. The number of hydrogen-bond acceptors (Lipinski definition) is 16. The number of nitrogens with zero attached hydrogens (tertiary/aromatic N) is 5. The predicted molar refractivity (Wildman–Crippen MR) is 262 cm³/mol. The van der Waals surface area contributed by atoms with E-state index in [1.807, 2.05) is 12.1 Å². The number of thiazole rings is 3. The van der Waals surface area contributed by atoms with Gasteiger partial charge in [-0.05, 0) is 78.4 Å². The number of ether oxygens (including phenoxy) is 2. The Morgan fingerprint density at radius 1 is 0.612 bits per heavy atom. The number of piperidine rings is 2. The fourth-order valence-electron chi connectivity index (χ4n) is 6.71. The molecule has 18 nitrogen and oxygen atoms in total. The Hall–Kier alpha value is -6.00. The molecule has 360 valence electrons. The summed E-state index contributed by atoms with van der Waals surface area (Å²) < 4.78 is 10.2. The van der Waals surface area contributed by atoms with E-state index in [1.165, 1.54) is 39.2 Å². The number of rotatable bonds is 11. The van der Waals surface area contributed by atoms with Crippen LogP contribution in [0.15, 0.2) is 76.8 Å². The molecule has 3 aromatic heterocycles. The lowest BCUT2D eigenvalue weighted by molar-refractivity contribution is 0.0624. The number of aromatic carboxylic acids is 1. The van der Waals surface area contributed by atoms with Gasteiger partial charge in [-0.2, -0.15) is 0 Å². The van der Waals surface area contributed by atoms with Crippen LogP contribution in [0.5, 0.6) is 0 Å². The van der Waals surface area contributed by atoms with Crippen molar-refractivity contribution < 1.29 is 38.6 Å². The Balaban J connectivity index is 0.000000197. The summed E-state index contributed by atoms with van der Waals surface area (Å²) in [6, 6.07) is 21.3. The van der Waals surface area contributed by atoms with Crippen LogP contribution in [0.1, 0.15) is 110 Å². The number of nitrogens with one attached hydrogen (secondary N) is 4. The first kappa shape index (κ1) is 52.0. The van der Waals surface area contributed by atoms with Gasteiger partial charge in [0.05, 0.1) is 0 Å². The van der Waals surface area contributed by atoms with E-state index in [4.69, 9.17) is 20.3 Å². The molecular formula is C46H60N10O8S3. The molecular weight excluding hydrogens is 917 g/mol. The molecule has 2 aliphatic heterocycles. The van der Waals surface area contributed by atoms with Crippen LogP contribution in [0.2, 0.25) is 0 Å². The molecule has 4 amide bonds. The van der Waals surface area contributed by atoms with Gasteiger partial charge in [-0.25, -0.2) is 29.3 Å². The third-order valence-corrected chi connectivity index (χ3v) is 12.0. The first-order valence-electron chi connectivity index (χ1n) is 21.8. The van der Waals surface area contributed by atoms with Gasteiger partial charge in [0.15, 0.2) is 21.1 Å². The summed E-state index contributed by atoms with van der Waals surface area (Å²) in [7, 11) is 0. The number of carboxylic acids is 1. The Bertz CT molecular complexity index is 2360. The second kappa shape index (κ2) is 24.7. The minimum atomic E-state index is -1.13. The van der Waals surface area contributed by atoms with Crippen molar-refractivity contribution in [2.75, 3.05) is 42.5 Å². The number of anilines is 3. The standard InChI is InChI=1S/C21H28N4O3S.C16H20N4OS.C9H12N2O4S/c1-21(2,3)28-20(27)24-19-23-17(14-29-19)18(26)22-16-9-11-25(12-10-16)13-15-7-5-4-6-8-15;17-16-19-14(11-22-16)15(21)18-13-6-8-20(9-7-13)10-12-4-2-1-3-5-12;1-9(2,3)15-8(14)11-7-10-5(4-16-7)6(12)13/h4-8,14,16H,9-13H2,1-3H3,(H,22,26)(H,23,24,27);1-5,11,13H,6-10H2,(H2,17,19)(H,18,21);4H,1-3H3,(H,12,13)(H,10,11,14). The monoisotopic (exact) mass is 976 g/mol. The predicted octanol–water partition coefficient (Wildman–Crippen LogP) is 8.19. The number of carboxylic acid groups (broad SMARTS) is 1. The molecule has 7 rings (SSSR count). The van der Waals surface area contributed by atoms with Crippen LogP contribution in [0, 0.1) is 0 Å². The summed E-state index contributed by atoms with van der Waals surface area (Å²) in [5, 5.41) is 25.3. The molecule has 5 aromatic rings. The van der Waals surface area contributed by atoms with Crippen LogP contribution >= 0.6 is 34.0 Å². The minimum absolute atomic E-state index is 0.101. The third-order valence-electron chi connectivity index (χ3n) is 9.77. The molecule has 2 saturated heterocycles. The molecule has 0 spiro atoms. The van der Waals surface area contributed by atoms with Crippen LogP contribution < -0.4 is 27.0 Å². The van der Waals surface area contributed by atoms with Gasteiger partial charge < -0.3 is 30.9 Å². The first-order chi connectivity index (χ1) is 31.8. The van der Waals surface area contributed by atoms with Crippen LogP contribution in [0.4, 0.5) is 25.0 Å². The number of carbonyl (C=O) groups is 5. The molecule has 2 aliphatic rings. The van der Waals surface area contributed by atoms with Crippen molar-refractivity contribution in [3.05, 3.63) is 105 Å². The highest BCUT2D eigenvalue weighted by Gasteiger charge is 2.25. The lowest BCUT2D eigenvalue weighted by atomic mass is 10.0. The molecule has 67 heavy (non-hydrogen) atoms. The molecule has 5 heterocycles. The Morgan fingerprint density at radius 2 is 0.985 bits per heavy atom. The zero-order valence-corrected chi connectivity index (χ0v) is 41.0. The van der Waals surface area contributed by atoms with Gasteiger partial charge >= 0.3 is 18.2 Å². The Labute approximate surface area is 402 Å². The number of nitrogens with two attached hydrogens (primary N) is 1. The van der Waals surface area contributed by atoms with Crippen molar-refractivity contribution in [1.29, 1.82) is 0 Å². The highest BCUT2D eigenvalue weighted by Crippen LogP contribution is 2.21. The highest BCUT2D eigenvalue weighted by atomic mass is 32.1. The van der Waals surface area contributed by atoms with E-state index in [0.717, 1.165) is 76.3 Å². The van der Waals surface area contributed by atoms with Crippen molar-refractivity contribution in [2.45, 2.75) is 104 Å². The first-order valence-corrected chi connectivity index (χ1v) is 24.4. The van der Waals surface area contributed by atoms with E-state index in [1.54, 1.807) is 52.3 Å². The smallest absolute Gasteiger partial charge is 0.413 e. The number of carbonyl (C=O) groups excluding carboxylic acids is 4. The van der Waals surface area contributed by atoms with Gasteiger partial charge in [-0.15, -0.1) is 34.0 Å². The quantitative estimate of drug-likeness (QED) is 0.0731. The van der Waals surface area contributed by atoms with Gasteiger partial charge in [0.2, 0.25) is 0 Å².